The van der Waals surface area contributed by atoms with Gasteiger partial charge in [0.1, 0.15) is 5.75 Å². The number of methoxy groups -OCH3 is 1. The van der Waals surface area contributed by atoms with Gasteiger partial charge in [0, 0.05) is 16.7 Å². The van der Waals surface area contributed by atoms with Crippen LogP contribution in [0.1, 0.15) is 77.3 Å². The van der Waals surface area contributed by atoms with Crippen LogP contribution in [0.2, 0.25) is 18.1 Å². The minimum Gasteiger partial charge on any atom is -0.497 e. The highest BCUT2D eigenvalue weighted by Gasteiger charge is 2.59. The average Bonchev–Trinajstić information content (AvgIpc) is 3.05. The summed E-state index contributed by atoms with van der Waals surface area (Å²) in [5.41, 5.74) is 6.41. The molecule has 1 N–H and O–H groups in total. The second-order valence-electron chi connectivity index (χ2n) is 12.7. The van der Waals surface area contributed by atoms with Crippen molar-refractivity contribution in [3.05, 3.63) is 40.5 Å². The molecule has 4 aliphatic rings. The quantitative estimate of drug-likeness (QED) is 0.416. The van der Waals surface area contributed by atoms with Crippen molar-refractivity contribution in [1.29, 1.82) is 0 Å². The molecule has 0 aromatic heterocycles. The molecule has 2 bridgehead atoms. The molecule has 5 rings (SSSR count). The summed E-state index contributed by atoms with van der Waals surface area (Å²) in [5, 5.41) is 11.4. The maximum atomic E-state index is 11.2. The van der Waals surface area contributed by atoms with Crippen molar-refractivity contribution in [2.45, 2.75) is 108 Å². The van der Waals surface area contributed by atoms with Crippen molar-refractivity contribution in [2.75, 3.05) is 7.11 Å². The highest BCUT2D eigenvalue weighted by Crippen LogP contribution is 2.65. The first kappa shape index (κ1) is 22.7. The van der Waals surface area contributed by atoms with Crippen molar-refractivity contribution < 1.29 is 14.3 Å². The lowest BCUT2D eigenvalue weighted by Gasteiger charge is -2.57. The summed E-state index contributed by atoms with van der Waals surface area (Å²) in [6, 6.07) is 6.71. The van der Waals surface area contributed by atoms with Crippen molar-refractivity contribution in [1.82, 2.24) is 0 Å². The van der Waals surface area contributed by atoms with Gasteiger partial charge in [-0.2, -0.15) is 0 Å². The predicted molar refractivity (Wildman–Crippen MR) is 133 cm³/mol. The fourth-order valence-corrected chi connectivity index (χ4v) is 8.74. The van der Waals surface area contributed by atoms with E-state index in [9.17, 15) is 5.11 Å². The molecule has 2 saturated carbocycles. The molecule has 176 valence electrons. The summed E-state index contributed by atoms with van der Waals surface area (Å²) in [6.45, 7) is 14.3. The number of benzene rings is 1. The van der Waals surface area contributed by atoms with Crippen LogP contribution in [0.25, 0.3) is 0 Å². The Labute approximate surface area is 195 Å². The normalized spacial score (nSPS) is 36.4. The van der Waals surface area contributed by atoms with E-state index in [1.807, 2.05) is 0 Å². The molecular weight excluding hydrogens is 412 g/mol. The van der Waals surface area contributed by atoms with E-state index in [2.05, 4.69) is 59.0 Å². The first-order chi connectivity index (χ1) is 14.9. The fourth-order valence-electron chi connectivity index (χ4n) is 7.29. The largest absolute Gasteiger partial charge is 0.497 e. The number of aliphatic hydroxyl groups is 1. The van der Waals surface area contributed by atoms with Crippen LogP contribution in [0.5, 0.6) is 5.75 Å². The van der Waals surface area contributed by atoms with E-state index < -0.39 is 8.32 Å². The molecule has 4 aliphatic carbocycles. The van der Waals surface area contributed by atoms with Crippen LogP contribution in [0.3, 0.4) is 0 Å². The highest BCUT2D eigenvalue weighted by molar-refractivity contribution is 6.74. The number of hydrogen-bond acceptors (Lipinski definition) is 3. The number of hydrogen-bond donors (Lipinski definition) is 1. The van der Waals surface area contributed by atoms with Gasteiger partial charge < -0.3 is 14.3 Å². The minimum absolute atomic E-state index is 0.116. The smallest absolute Gasteiger partial charge is 0.192 e. The Balaban J connectivity index is 1.61. The van der Waals surface area contributed by atoms with Crippen molar-refractivity contribution in [3.63, 3.8) is 0 Å². The van der Waals surface area contributed by atoms with E-state index in [0.717, 1.165) is 37.9 Å². The molecule has 0 radical (unpaired) electrons. The van der Waals surface area contributed by atoms with Crippen LogP contribution >= 0.6 is 0 Å². The molecule has 0 unspecified atom stereocenters. The van der Waals surface area contributed by atoms with Gasteiger partial charge in [-0.1, -0.05) is 44.9 Å². The monoisotopic (exact) mass is 454 g/mol. The summed E-state index contributed by atoms with van der Waals surface area (Å²) in [5.74, 6) is 1.19. The van der Waals surface area contributed by atoms with Crippen LogP contribution in [-0.4, -0.2) is 32.7 Å². The summed E-state index contributed by atoms with van der Waals surface area (Å²) >= 11 is 0. The van der Waals surface area contributed by atoms with Gasteiger partial charge in [-0.05, 0) is 86.3 Å². The Kier molecular flexibility index (Phi) is 5.10. The predicted octanol–water partition coefficient (Wildman–Crippen LogP) is 6.54. The van der Waals surface area contributed by atoms with Crippen LogP contribution < -0.4 is 4.74 Å². The van der Waals surface area contributed by atoms with E-state index in [1.54, 1.807) is 18.3 Å². The molecule has 2 fully saturated rings. The maximum absolute atomic E-state index is 11.2. The average molecular weight is 455 g/mol. The van der Waals surface area contributed by atoms with E-state index in [4.69, 9.17) is 9.16 Å². The van der Waals surface area contributed by atoms with E-state index >= 15 is 0 Å². The molecule has 1 aromatic carbocycles. The minimum atomic E-state index is -1.83. The van der Waals surface area contributed by atoms with Gasteiger partial charge in [0.2, 0.25) is 0 Å². The van der Waals surface area contributed by atoms with E-state index in [0.29, 0.717) is 6.10 Å². The molecule has 1 aromatic rings. The maximum Gasteiger partial charge on any atom is 0.192 e. The van der Waals surface area contributed by atoms with Crippen LogP contribution in [-0.2, 0) is 16.3 Å². The first-order valence-electron chi connectivity index (χ1n) is 12.7. The summed E-state index contributed by atoms with van der Waals surface area (Å²) in [7, 11) is -0.0854. The fraction of sp³-hybridized carbons (Fsp3) is 0.714. The summed E-state index contributed by atoms with van der Waals surface area (Å²) < 4.78 is 12.6. The van der Waals surface area contributed by atoms with E-state index in [-0.39, 0.29) is 27.9 Å². The van der Waals surface area contributed by atoms with Crippen molar-refractivity contribution in [2.24, 2.45) is 11.3 Å². The molecule has 0 aliphatic heterocycles. The van der Waals surface area contributed by atoms with Gasteiger partial charge in [0.15, 0.2) is 8.32 Å². The Morgan fingerprint density at radius 1 is 1.09 bits per heavy atom. The van der Waals surface area contributed by atoms with Gasteiger partial charge in [-0.25, -0.2) is 0 Å². The third-order valence-electron chi connectivity index (χ3n) is 10.2. The number of rotatable bonds is 3. The zero-order chi connectivity index (χ0) is 23.1. The van der Waals surface area contributed by atoms with Gasteiger partial charge >= 0.3 is 0 Å². The molecule has 32 heavy (non-hydrogen) atoms. The lowest BCUT2D eigenvalue weighted by molar-refractivity contribution is 0.0356. The molecule has 3 nitrogen and oxygen atoms in total. The topological polar surface area (TPSA) is 38.7 Å². The Bertz CT molecular complexity index is 958. The molecular formula is C28H42O3Si. The van der Waals surface area contributed by atoms with Crippen molar-refractivity contribution >= 4 is 8.32 Å². The number of fused-ring (bicyclic) bond motifs is 2. The van der Waals surface area contributed by atoms with Crippen LogP contribution in [0.15, 0.2) is 29.3 Å². The second-order valence-corrected chi connectivity index (χ2v) is 17.5. The van der Waals surface area contributed by atoms with Gasteiger partial charge in [-0.15, -0.1) is 0 Å². The van der Waals surface area contributed by atoms with Gasteiger partial charge in [-0.3, -0.25) is 0 Å². The van der Waals surface area contributed by atoms with Gasteiger partial charge in [0.25, 0.3) is 0 Å². The Morgan fingerprint density at radius 2 is 1.84 bits per heavy atom. The zero-order valence-corrected chi connectivity index (χ0v) is 22.2. The molecule has 0 amide bonds. The lowest BCUT2D eigenvalue weighted by atomic mass is 9.48. The molecule has 0 saturated heterocycles. The number of aliphatic hydroxyl groups excluding tert-OH is 1. The molecule has 5 atom stereocenters. The number of ether oxygens (including phenoxy) is 1. The Hall–Kier alpha value is -1.10. The van der Waals surface area contributed by atoms with Crippen LogP contribution in [0.4, 0.5) is 0 Å². The summed E-state index contributed by atoms with van der Waals surface area (Å²) in [6.07, 6.45) is 7.68. The third-order valence-corrected chi connectivity index (χ3v) is 14.7. The zero-order valence-electron chi connectivity index (χ0n) is 21.2. The standard InChI is InChI=1S/C28H42O3Si/c1-26(2,3)32(6,7)31-24-11-10-22-25-20-17-18-16-19(30-5)8-9-21(18)28(25,13-12-23(20)29)15-14-27(22,24)4/h8-9,16,20,23-24,29H,10-15,17H2,1-7H3/t20-,23-,24+,27+,28-/m1/s1. The molecule has 0 spiro atoms. The molecule has 4 heteroatoms. The lowest BCUT2D eigenvalue weighted by Crippen LogP contribution is -2.53. The van der Waals surface area contributed by atoms with E-state index in [1.165, 1.54) is 24.0 Å². The van der Waals surface area contributed by atoms with Gasteiger partial charge in [0.05, 0.1) is 19.3 Å². The highest BCUT2D eigenvalue weighted by atomic mass is 28.4. The third kappa shape index (κ3) is 3.05. The summed E-state index contributed by atoms with van der Waals surface area (Å²) in [4.78, 5) is 0. The SMILES string of the molecule is COc1ccc2c(c1)C[C@H]1C3=C4CC[C@H](O[Si](C)(C)C(C)(C)C)[C@@]4(C)CC[C@@]32CC[C@H]1O. The molecule has 0 heterocycles. The van der Waals surface area contributed by atoms with Crippen molar-refractivity contribution in [3.8, 4) is 5.75 Å². The Morgan fingerprint density at radius 3 is 2.53 bits per heavy atom. The first-order valence-corrected chi connectivity index (χ1v) is 15.6. The van der Waals surface area contributed by atoms with Crippen LogP contribution in [0, 0.1) is 11.3 Å². The second kappa shape index (κ2) is 7.20.